The zero-order valence-electron chi connectivity index (χ0n) is 9.62. The van der Waals surface area contributed by atoms with Crippen LogP contribution in [-0.2, 0) is 17.6 Å². The Labute approximate surface area is 96.0 Å². The fourth-order valence-electron chi connectivity index (χ4n) is 2.05. The van der Waals surface area contributed by atoms with Gasteiger partial charge in [-0.15, -0.1) is 0 Å². The molecular formula is C13H18N2O. The number of nitrogens with one attached hydrogen (secondary N) is 1. The first-order valence-corrected chi connectivity index (χ1v) is 5.82. The Morgan fingerprint density at radius 3 is 2.94 bits per heavy atom. The van der Waals surface area contributed by atoms with Crippen molar-refractivity contribution in [3.05, 3.63) is 29.3 Å². The van der Waals surface area contributed by atoms with Crippen LogP contribution in [0.1, 0.15) is 24.5 Å². The number of benzene rings is 1. The molecule has 1 amide bonds. The van der Waals surface area contributed by atoms with E-state index in [0.717, 1.165) is 5.69 Å². The summed E-state index contributed by atoms with van der Waals surface area (Å²) >= 11 is 0. The van der Waals surface area contributed by atoms with Gasteiger partial charge in [-0.25, -0.2) is 0 Å². The molecule has 16 heavy (non-hydrogen) atoms. The number of amides is 1. The number of primary amides is 1. The molecule has 3 nitrogen and oxygen atoms in total. The molecular weight excluding hydrogens is 200 g/mol. The third kappa shape index (κ3) is 2.35. The molecule has 86 valence electrons. The lowest BCUT2D eigenvalue weighted by Crippen LogP contribution is -2.26. The second-order valence-corrected chi connectivity index (χ2v) is 4.52. The van der Waals surface area contributed by atoms with Crippen LogP contribution < -0.4 is 11.1 Å². The van der Waals surface area contributed by atoms with Crippen LogP contribution in [0.4, 0.5) is 5.69 Å². The van der Waals surface area contributed by atoms with Gasteiger partial charge in [0.15, 0.2) is 0 Å². The molecule has 1 aliphatic carbocycles. The fourth-order valence-corrected chi connectivity index (χ4v) is 2.05. The first kappa shape index (κ1) is 11.0. The lowest BCUT2D eigenvalue weighted by Gasteiger charge is -2.11. The van der Waals surface area contributed by atoms with Crippen molar-refractivity contribution >= 4 is 11.6 Å². The highest BCUT2D eigenvalue weighted by atomic mass is 16.1. The van der Waals surface area contributed by atoms with Crippen molar-refractivity contribution in [1.29, 1.82) is 0 Å². The van der Waals surface area contributed by atoms with Crippen LogP contribution >= 0.6 is 0 Å². The summed E-state index contributed by atoms with van der Waals surface area (Å²) in [5.74, 6) is -0.387. The van der Waals surface area contributed by atoms with E-state index in [-0.39, 0.29) is 11.8 Å². The zero-order chi connectivity index (χ0) is 11.5. The van der Waals surface area contributed by atoms with Gasteiger partial charge in [0.25, 0.3) is 0 Å². The predicted molar refractivity (Wildman–Crippen MR) is 65.3 cm³/mol. The number of fused-ring (bicyclic) bond motifs is 1. The van der Waals surface area contributed by atoms with E-state index in [1.165, 1.54) is 30.4 Å². The summed E-state index contributed by atoms with van der Waals surface area (Å²) in [4.78, 5) is 10.9. The molecule has 0 spiro atoms. The van der Waals surface area contributed by atoms with Gasteiger partial charge in [0.2, 0.25) is 5.91 Å². The van der Waals surface area contributed by atoms with E-state index in [9.17, 15) is 4.79 Å². The minimum absolute atomic E-state index is 0.131. The maximum atomic E-state index is 10.9. The maximum absolute atomic E-state index is 10.9. The Balaban J connectivity index is 1.98. The molecule has 0 saturated carbocycles. The normalized spacial score (nSPS) is 15.6. The van der Waals surface area contributed by atoms with Gasteiger partial charge in [-0.1, -0.05) is 13.0 Å². The van der Waals surface area contributed by atoms with Crippen LogP contribution in [0, 0.1) is 5.92 Å². The summed E-state index contributed by atoms with van der Waals surface area (Å²) < 4.78 is 0. The van der Waals surface area contributed by atoms with E-state index >= 15 is 0 Å². The maximum Gasteiger partial charge on any atom is 0.222 e. The minimum Gasteiger partial charge on any atom is -0.384 e. The number of nitrogens with two attached hydrogens (primary N) is 1. The molecule has 1 aromatic carbocycles. The van der Waals surface area contributed by atoms with Crippen LogP contribution in [0.25, 0.3) is 0 Å². The van der Waals surface area contributed by atoms with Gasteiger partial charge in [-0.2, -0.15) is 0 Å². The van der Waals surface area contributed by atoms with Gasteiger partial charge in [0, 0.05) is 12.2 Å². The lowest BCUT2D eigenvalue weighted by atomic mass is 10.1. The summed E-state index contributed by atoms with van der Waals surface area (Å²) in [5.41, 5.74) is 9.21. The molecule has 0 aromatic heterocycles. The minimum atomic E-state index is -0.256. The topological polar surface area (TPSA) is 55.1 Å². The fraction of sp³-hybridized carbons (Fsp3) is 0.462. The van der Waals surface area contributed by atoms with Crippen LogP contribution in [0.2, 0.25) is 0 Å². The summed E-state index contributed by atoms with van der Waals surface area (Å²) in [6, 6.07) is 6.45. The van der Waals surface area contributed by atoms with Crippen molar-refractivity contribution < 1.29 is 4.79 Å². The Morgan fingerprint density at radius 1 is 1.44 bits per heavy atom. The van der Waals surface area contributed by atoms with E-state index in [4.69, 9.17) is 5.73 Å². The van der Waals surface area contributed by atoms with Crippen molar-refractivity contribution in [2.45, 2.75) is 26.2 Å². The number of carbonyl (C=O) groups is 1. The van der Waals surface area contributed by atoms with Crippen molar-refractivity contribution in [2.24, 2.45) is 11.7 Å². The number of rotatable bonds is 4. The number of hydrogen-bond acceptors (Lipinski definition) is 2. The SMILES string of the molecule is CC(CNc1ccc2c(c1)CCC2)C(N)=O. The summed E-state index contributed by atoms with van der Waals surface area (Å²) in [6.45, 7) is 2.44. The van der Waals surface area contributed by atoms with Gasteiger partial charge in [-0.3, -0.25) is 4.79 Å². The van der Waals surface area contributed by atoms with Crippen LogP contribution in [0.15, 0.2) is 18.2 Å². The molecule has 3 N–H and O–H groups in total. The lowest BCUT2D eigenvalue weighted by molar-refractivity contribution is -0.120. The molecule has 0 bridgehead atoms. The molecule has 1 atom stereocenters. The summed E-state index contributed by atoms with van der Waals surface area (Å²) in [6.07, 6.45) is 3.64. The van der Waals surface area contributed by atoms with Gasteiger partial charge < -0.3 is 11.1 Å². The second kappa shape index (κ2) is 4.56. The highest BCUT2D eigenvalue weighted by molar-refractivity contribution is 5.76. The standard InChI is InChI=1S/C13H18N2O/c1-9(13(14)16)8-15-12-6-5-10-3-2-4-11(10)7-12/h5-7,9,15H,2-4,8H2,1H3,(H2,14,16). The van der Waals surface area contributed by atoms with Crippen molar-refractivity contribution in [1.82, 2.24) is 0 Å². The molecule has 0 heterocycles. The monoisotopic (exact) mass is 218 g/mol. The first-order chi connectivity index (χ1) is 7.66. The Morgan fingerprint density at radius 2 is 2.19 bits per heavy atom. The Kier molecular flexibility index (Phi) is 3.13. The van der Waals surface area contributed by atoms with Gasteiger partial charge in [-0.05, 0) is 42.5 Å². The highest BCUT2D eigenvalue weighted by Gasteiger charge is 2.12. The molecule has 1 aromatic rings. The van der Waals surface area contributed by atoms with Crippen LogP contribution in [0.3, 0.4) is 0 Å². The largest absolute Gasteiger partial charge is 0.384 e. The van der Waals surface area contributed by atoms with Crippen LogP contribution in [0.5, 0.6) is 0 Å². The van der Waals surface area contributed by atoms with E-state index in [1.54, 1.807) is 0 Å². The molecule has 0 aliphatic heterocycles. The van der Waals surface area contributed by atoms with E-state index in [2.05, 4.69) is 23.5 Å². The zero-order valence-corrected chi connectivity index (χ0v) is 9.62. The van der Waals surface area contributed by atoms with Gasteiger partial charge in [0.05, 0.1) is 5.92 Å². The average molecular weight is 218 g/mol. The molecule has 0 fully saturated rings. The number of carbonyl (C=O) groups excluding carboxylic acids is 1. The highest BCUT2D eigenvalue weighted by Crippen LogP contribution is 2.24. The molecule has 2 rings (SSSR count). The van der Waals surface area contributed by atoms with Gasteiger partial charge in [0.1, 0.15) is 0 Å². The molecule has 1 unspecified atom stereocenters. The quantitative estimate of drug-likeness (QED) is 0.808. The number of hydrogen-bond donors (Lipinski definition) is 2. The smallest absolute Gasteiger partial charge is 0.222 e. The van der Waals surface area contributed by atoms with E-state index in [0.29, 0.717) is 6.54 Å². The first-order valence-electron chi connectivity index (χ1n) is 5.82. The molecule has 3 heteroatoms. The van der Waals surface area contributed by atoms with Crippen molar-refractivity contribution in [3.63, 3.8) is 0 Å². The molecule has 0 radical (unpaired) electrons. The van der Waals surface area contributed by atoms with E-state index in [1.807, 2.05) is 6.92 Å². The third-order valence-corrected chi connectivity index (χ3v) is 3.20. The van der Waals surface area contributed by atoms with Crippen molar-refractivity contribution in [3.8, 4) is 0 Å². The Hall–Kier alpha value is -1.51. The summed E-state index contributed by atoms with van der Waals surface area (Å²) in [7, 11) is 0. The molecule has 1 aliphatic rings. The van der Waals surface area contributed by atoms with E-state index < -0.39 is 0 Å². The number of aryl methyl sites for hydroxylation is 2. The van der Waals surface area contributed by atoms with Crippen LogP contribution in [-0.4, -0.2) is 12.5 Å². The summed E-state index contributed by atoms with van der Waals surface area (Å²) in [5, 5.41) is 3.25. The second-order valence-electron chi connectivity index (χ2n) is 4.52. The predicted octanol–water partition coefficient (Wildman–Crippen LogP) is 1.71. The number of anilines is 1. The third-order valence-electron chi connectivity index (χ3n) is 3.20. The Bertz CT molecular complexity index is 401. The van der Waals surface area contributed by atoms with Crippen molar-refractivity contribution in [2.75, 3.05) is 11.9 Å². The molecule has 0 saturated heterocycles. The average Bonchev–Trinajstić information content (AvgIpc) is 2.72. The van der Waals surface area contributed by atoms with Gasteiger partial charge >= 0.3 is 0 Å².